The van der Waals surface area contributed by atoms with Gasteiger partial charge in [0.05, 0.1) is 18.0 Å². The normalized spacial score (nSPS) is 21.5. The number of carbonyl (C=O) groups is 6. The Morgan fingerprint density at radius 3 is 2.61 bits per heavy atom. The van der Waals surface area contributed by atoms with E-state index in [1.165, 1.54) is 18.2 Å². The highest BCUT2D eigenvalue weighted by molar-refractivity contribution is 6.00. The van der Waals surface area contributed by atoms with Gasteiger partial charge in [-0.1, -0.05) is 12.1 Å². The Kier molecular flexibility index (Phi) is 7.36. The summed E-state index contributed by atoms with van der Waals surface area (Å²) in [6.07, 6.45) is 0.0573. The number of nitrogens with zero attached hydrogens (tertiary/aromatic N) is 2. The van der Waals surface area contributed by atoms with Crippen LogP contribution in [-0.2, 0) is 24.0 Å². The van der Waals surface area contributed by atoms with Crippen LogP contribution in [0, 0.1) is 5.82 Å². The van der Waals surface area contributed by atoms with E-state index in [1.54, 1.807) is 0 Å². The Bertz CT molecular complexity index is 985. The zero-order valence-corrected chi connectivity index (χ0v) is 17.5. The predicted octanol–water partition coefficient (Wildman–Crippen LogP) is -0.389. The van der Waals surface area contributed by atoms with Crippen LogP contribution < -0.4 is 10.6 Å². The molecule has 0 spiro atoms. The topological polar surface area (TPSA) is 153 Å². The summed E-state index contributed by atoms with van der Waals surface area (Å²) in [5.41, 5.74) is -0.270. The van der Waals surface area contributed by atoms with E-state index < -0.39 is 60.0 Å². The van der Waals surface area contributed by atoms with Crippen molar-refractivity contribution in [3.8, 4) is 0 Å². The van der Waals surface area contributed by atoms with Crippen LogP contribution in [-0.4, -0.2) is 75.7 Å². The second-order valence-corrected chi connectivity index (χ2v) is 7.75. The molecule has 12 heteroatoms. The maximum absolute atomic E-state index is 14.0. The van der Waals surface area contributed by atoms with Gasteiger partial charge in [-0.2, -0.15) is 0 Å². The van der Waals surface area contributed by atoms with Crippen LogP contribution in [0.25, 0.3) is 0 Å². The van der Waals surface area contributed by atoms with Crippen molar-refractivity contribution in [3.63, 3.8) is 0 Å². The summed E-state index contributed by atoms with van der Waals surface area (Å²) in [6, 6.07) is 1.54. The molecule has 2 saturated heterocycles. The van der Waals surface area contributed by atoms with Gasteiger partial charge in [0.2, 0.25) is 11.8 Å². The number of carbonyl (C=O) groups excluding carboxylic acids is 5. The Morgan fingerprint density at radius 2 is 1.94 bits per heavy atom. The highest BCUT2D eigenvalue weighted by Gasteiger charge is 2.45. The van der Waals surface area contributed by atoms with Crippen molar-refractivity contribution >= 4 is 35.9 Å². The first-order chi connectivity index (χ1) is 15.7. The van der Waals surface area contributed by atoms with Gasteiger partial charge in [-0.15, -0.1) is 0 Å². The number of rotatable bonds is 7. The molecule has 3 rings (SSSR count). The third kappa shape index (κ3) is 5.33. The van der Waals surface area contributed by atoms with Crippen molar-refractivity contribution in [2.24, 2.45) is 0 Å². The van der Waals surface area contributed by atoms with E-state index in [4.69, 9.17) is 5.11 Å². The highest BCUT2D eigenvalue weighted by atomic mass is 19.1. The molecule has 1 aromatic rings. The molecule has 3 atom stereocenters. The van der Waals surface area contributed by atoms with Gasteiger partial charge in [0, 0.05) is 13.0 Å². The average molecular weight is 462 g/mol. The smallest absolute Gasteiger partial charge is 0.305 e. The second kappa shape index (κ2) is 10.2. The highest BCUT2D eigenvalue weighted by Crippen LogP contribution is 2.25. The summed E-state index contributed by atoms with van der Waals surface area (Å²) in [7, 11) is 0. The number of nitrogens with one attached hydrogen (secondary N) is 2. The number of fused-ring (bicyclic) bond motifs is 1. The van der Waals surface area contributed by atoms with Crippen LogP contribution in [0.5, 0.6) is 0 Å². The Morgan fingerprint density at radius 1 is 1.21 bits per heavy atom. The minimum absolute atomic E-state index is 0.0465. The predicted molar refractivity (Wildman–Crippen MR) is 109 cm³/mol. The number of hydrogen-bond donors (Lipinski definition) is 3. The SMILES string of the molecule is O=C[C@H](CC(=O)O)NC(=O)C1CCCN2C(=O)CC[C@H](NC(=O)c3ccccc3F)C(=O)N12. The third-order valence-corrected chi connectivity index (χ3v) is 5.47. The maximum Gasteiger partial charge on any atom is 0.305 e. The van der Waals surface area contributed by atoms with Gasteiger partial charge in [-0.05, 0) is 31.4 Å². The van der Waals surface area contributed by atoms with E-state index in [0.717, 1.165) is 16.1 Å². The van der Waals surface area contributed by atoms with Gasteiger partial charge >= 0.3 is 5.97 Å². The van der Waals surface area contributed by atoms with Crippen molar-refractivity contribution in [2.45, 2.75) is 50.2 Å². The number of hydrazine groups is 1. The molecule has 176 valence electrons. The molecule has 3 N–H and O–H groups in total. The molecule has 2 fully saturated rings. The summed E-state index contributed by atoms with van der Waals surface area (Å²) >= 11 is 0. The lowest BCUT2D eigenvalue weighted by Gasteiger charge is -2.43. The molecular formula is C21H23FN4O7. The first-order valence-corrected chi connectivity index (χ1v) is 10.4. The van der Waals surface area contributed by atoms with Crippen molar-refractivity contribution < 1.29 is 38.3 Å². The quantitative estimate of drug-likeness (QED) is 0.467. The first-order valence-electron chi connectivity index (χ1n) is 10.4. The Labute approximate surface area is 187 Å². The summed E-state index contributed by atoms with van der Waals surface area (Å²) in [5, 5.41) is 15.7. The average Bonchev–Trinajstić information content (AvgIpc) is 2.90. The number of hydrogen-bond acceptors (Lipinski definition) is 6. The molecule has 11 nitrogen and oxygen atoms in total. The number of halogens is 1. The van der Waals surface area contributed by atoms with Crippen LogP contribution in [0.3, 0.4) is 0 Å². The molecule has 0 radical (unpaired) electrons. The first kappa shape index (κ1) is 23.8. The minimum atomic E-state index is -1.31. The summed E-state index contributed by atoms with van der Waals surface area (Å²) in [4.78, 5) is 73.3. The van der Waals surface area contributed by atoms with Crippen molar-refractivity contribution in [2.75, 3.05) is 6.54 Å². The molecule has 0 bridgehead atoms. The molecule has 33 heavy (non-hydrogen) atoms. The Balaban J connectivity index is 1.82. The van der Waals surface area contributed by atoms with Gasteiger partial charge in [0.15, 0.2) is 0 Å². The monoisotopic (exact) mass is 462 g/mol. The third-order valence-electron chi connectivity index (χ3n) is 5.47. The van der Waals surface area contributed by atoms with Crippen LogP contribution in [0.2, 0.25) is 0 Å². The standard InChI is InChI=1S/C21H23FN4O7/c22-14-5-2-1-4-13(14)19(31)24-15-7-8-17(28)25-9-3-6-16(26(25)21(15)33)20(32)23-12(11-27)10-18(29)30/h1-2,4-5,11-12,15-16H,3,6-10H2,(H,23,32)(H,24,31)(H,29,30)/t12-,15-,16?/m0/s1. The molecule has 2 aliphatic rings. The number of benzene rings is 1. The van der Waals surface area contributed by atoms with E-state index in [-0.39, 0.29) is 37.7 Å². The van der Waals surface area contributed by atoms with E-state index in [9.17, 15) is 33.2 Å². The van der Waals surface area contributed by atoms with Gasteiger partial charge in [-0.3, -0.25) is 29.0 Å². The lowest BCUT2D eigenvalue weighted by atomic mass is 10.0. The molecule has 1 unspecified atom stereocenters. The summed E-state index contributed by atoms with van der Waals surface area (Å²) < 4.78 is 14.0. The van der Waals surface area contributed by atoms with Gasteiger partial charge in [-0.25, -0.2) is 9.40 Å². The van der Waals surface area contributed by atoms with Crippen molar-refractivity contribution in [1.82, 2.24) is 20.7 Å². The maximum atomic E-state index is 14.0. The number of aliphatic carboxylic acids is 1. The van der Waals surface area contributed by atoms with E-state index >= 15 is 0 Å². The second-order valence-electron chi connectivity index (χ2n) is 7.75. The molecule has 1 aromatic carbocycles. The summed E-state index contributed by atoms with van der Waals surface area (Å²) in [6.45, 7) is 0.175. The fourth-order valence-electron chi connectivity index (χ4n) is 3.89. The molecule has 0 aliphatic carbocycles. The lowest BCUT2D eigenvalue weighted by Crippen LogP contribution is -2.64. The van der Waals surface area contributed by atoms with Crippen LogP contribution in [0.1, 0.15) is 42.5 Å². The number of carboxylic acid groups (broad SMARTS) is 1. The minimum Gasteiger partial charge on any atom is -0.481 e. The largest absolute Gasteiger partial charge is 0.481 e. The van der Waals surface area contributed by atoms with Gasteiger partial charge in [0.1, 0.15) is 24.2 Å². The van der Waals surface area contributed by atoms with Crippen molar-refractivity contribution in [1.29, 1.82) is 0 Å². The lowest BCUT2D eigenvalue weighted by molar-refractivity contribution is -0.176. The number of amides is 4. The van der Waals surface area contributed by atoms with E-state index in [1.807, 2.05) is 0 Å². The molecular weight excluding hydrogens is 439 g/mol. The fraction of sp³-hybridized carbons (Fsp3) is 0.429. The van der Waals surface area contributed by atoms with E-state index in [2.05, 4.69) is 10.6 Å². The molecule has 2 aliphatic heterocycles. The van der Waals surface area contributed by atoms with Crippen molar-refractivity contribution in [3.05, 3.63) is 35.6 Å². The molecule has 4 amide bonds. The van der Waals surface area contributed by atoms with Crippen LogP contribution >= 0.6 is 0 Å². The van der Waals surface area contributed by atoms with Gasteiger partial charge in [0.25, 0.3) is 11.8 Å². The Hall–Kier alpha value is -3.83. The number of carboxylic acids is 1. The zero-order valence-electron chi connectivity index (χ0n) is 17.5. The zero-order chi connectivity index (χ0) is 24.1. The van der Waals surface area contributed by atoms with Crippen LogP contribution in [0.15, 0.2) is 24.3 Å². The fourth-order valence-corrected chi connectivity index (χ4v) is 3.89. The molecule has 0 aromatic heterocycles. The van der Waals surface area contributed by atoms with Gasteiger partial charge < -0.3 is 20.5 Å². The molecule has 2 heterocycles. The van der Waals surface area contributed by atoms with E-state index in [0.29, 0.717) is 6.42 Å². The summed E-state index contributed by atoms with van der Waals surface area (Å²) in [5.74, 6) is -4.86. The molecule has 0 saturated carbocycles. The number of aldehydes is 1. The van der Waals surface area contributed by atoms with Crippen LogP contribution in [0.4, 0.5) is 4.39 Å².